The lowest BCUT2D eigenvalue weighted by molar-refractivity contribution is 0.220. The zero-order valence-corrected chi connectivity index (χ0v) is 15.3. The number of benzene rings is 1. The molecule has 0 bridgehead atoms. The fourth-order valence-electron chi connectivity index (χ4n) is 3.86. The first kappa shape index (κ1) is 17.0. The van der Waals surface area contributed by atoms with Crippen LogP contribution >= 0.6 is 0 Å². The molecule has 1 aromatic heterocycles. The van der Waals surface area contributed by atoms with Gasteiger partial charge >= 0.3 is 0 Å². The molecule has 130 valence electrons. The molecule has 0 spiro atoms. The van der Waals surface area contributed by atoms with Crippen LogP contribution in [0.1, 0.15) is 37.6 Å². The van der Waals surface area contributed by atoms with Crippen molar-refractivity contribution >= 4 is 0 Å². The standard InChI is InChI=1S/C20H29N3O/c1-15(12-22-10-9-21-17(22)3)13-23-14-19(11-16(23)2)18-5-7-20(24-4)8-6-18/h5-10,15-16,19H,11-14H2,1-4H3/t15-,16+,19+/m0/s1. The normalized spacial score (nSPS) is 22.7. The van der Waals surface area contributed by atoms with Crippen molar-refractivity contribution in [1.82, 2.24) is 14.5 Å². The Morgan fingerprint density at radius 1 is 1.25 bits per heavy atom. The zero-order valence-electron chi connectivity index (χ0n) is 15.3. The van der Waals surface area contributed by atoms with Crippen molar-refractivity contribution in [3.63, 3.8) is 0 Å². The van der Waals surface area contributed by atoms with E-state index < -0.39 is 0 Å². The average molecular weight is 327 g/mol. The van der Waals surface area contributed by atoms with E-state index in [1.165, 1.54) is 12.0 Å². The number of ether oxygens (including phenoxy) is 1. The van der Waals surface area contributed by atoms with Crippen molar-refractivity contribution in [2.24, 2.45) is 5.92 Å². The predicted molar refractivity (Wildman–Crippen MR) is 97.5 cm³/mol. The molecule has 1 fully saturated rings. The summed E-state index contributed by atoms with van der Waals surface area (Å²) in [6.45, 7) is 10.1. The highest BCUT2D eigenvalue weighted by Crippen LogP contribution is 2.32. The summed E-state index contributed by atoms with van der Waals surface area (Å²) in [5.41, 5.74) is 1.43. The molecule has 0 saturated carbocycles. The zero-order chi connectivity index (χ0) is 17.1. The number of imidazole rings is 1. The fraction of sp³-hybridized carbons (Fsp3) is 0.550. The Labute approximate surface area is 145 Å². The second-order valence-electron chi connectivity index (χ2n) is 7.24. The first-order valence-corrected chi connectivity index (χ1v) is 8.92. The van der Waals surface area contributed by atoms with Crippen LogP contribution in [0.2, 0.25) is 0 Å². The SMILES string of the molecule is COc1ccc([C@@H]2C[C@@H](C)N(C[C@@H](C)Cn3ccnc3C)C2)cc1. The van der Waals surface area contributed by atoms with Gasteiger partial charge in [-0.2, -0.15) is 0 Å². The molecule has 4 heteroatoms. The summed E-state index contributed by atoms with van der Waals surface area (Å²) in [5, 5.41) is 0. The molecule has 1 aliphatic heterocycles. The monoisotopic (exact) mass is 327 g/mol. The van der Waals surface area contributed by atoms with Crippen LogP contribution < -0.4 is 4.74 Å². The number of rotatable bonds is 6. The molecular weight excluding hydrogens is 298 g/mol. The molecule has 4 nitrogen and oxygen atoms in total. The minimum absolute atomic E-state index is 0.620. The number of aryl methyl sites for hydroxylation is 1. The lowest BCUT2D eigenvalue weighted by Crippen LogP contribution is -2.33. The van der Waals surface area contributed by atoms with Gasteiger partial charge in [-0.15, -0.1) is 0 Å². The van der Waals surface area contributed by atoms with Gasteiger partial charge in [-0.25, -0.2) is 4.98 Å². The lowest BCUT2D eigenvalue weighted by atomic mass is 9.97. The third kappa shape index (κ3) is 3.81. The van der Waals surface area contributed by atoms with Gasteiger partial charge in [-0.1, -0.05) is 19.1 Å². The summed E-state index contributed by atoms with van der Waals surface area (Å²) in [7, 11) is 1.72. The summed E-state index contributed by atoms with van der Waals surface area (Å²) in [6.07, 6.45) is 5.21. The van der Waals surface area contributed by atoms with Crippen molar-refractivity contribution in [2.75, 3.05) is 20.2 Å². The van der Waals surface area contributed by atoms with Gasteiger partial charge in [0.25, 0.3) is 0 Å². The molecule has 2 aromatic rings. The highest BCUT2D eigenvalue weighted by molar-refractivity contribution is 5.30. The van der Waals surface area contributed by atoms with E-state index in [4.69, 9.17) is 4.74 Å². The highest BCUT2D eigenvalue weighted by Gasteiger charge is 2.30. The van der Waals surface area contributed by atoms with E-state index in [2.05, 4.69) is 65.7 Å². The number of likely N-dealkylation sites (tertiary alicyclic amines) is 1. The number of hydrogen-bond acceptors (Lipinski definition) is 3. The molecule has 0 amide bonds. The van der Waals surface area contributed by atoms with E-state index in [1.54, 1.807) is 7.11 Å². The van der Waals surface area contributed by atoms with Gasteiger partial charge in [-0.05, 0) is 49.8 Å². The highest BCUT2D eigenvalue weighted by atomic mass is 16.5. The van der Waals surface area contributed by atoms with Crippen LogP contribution in [0.25, 0.3) is 0 Å². The first-order chi connectivity index (χ1) is 11.6. The van der Waals surface area contributed by atoms with Gasteiger partial charge in [0.15, 0.2) is 0 Å². The molecule has 0 aliphatic carbocycles. The molecular formula is C20H29N3O. The summed E-state index contributed by atoms with van der Waals surface area (Å²) < 4.78 is 7.52. The molecule has 1 saturated heterocycles. The molecule has 0 N–H and O–H groups in total. The Morgan fingerprint density at radius 2 is 2.00 bits per heavy atom. The van der Waals surface area contributed by atoms with Gasteiger partial charge in [0, 0.05) is 38.1 Å². The van der Waals surface area contributed by atoms with E-state index in [0.717, 1.165) is 31.2 Å². The number of aromatic nitrogens is 2. The number of methoxy groups -OCH3 is 1. The Bertz CT molecular complexity index is 649. The van der Waals surface area contributed by atoms with Crippen molar-refractivity contribution in [3.05, 3.63) is 48.0 Å². The second kappa shape index (κ2) is 7.39. The number of hydrogen-bond donors (Lipinski definition) is 0. The third-order valence-corrected chi connectivity index (χ3v) is 5.27. The predicted octanol–water partition coefficient (Wildman–Crippen LogP) is 3.71. The van der Waals surface area contributed by atoms with Crippen LogP contribution in [-0.4, -0.2) is 40.7 Å². The second-order valence-corrected chi connectivity index (χ2v) is 7.24. The van der Waals surface area contributed by atoms with Crippen LogP contribution in [0.15, 0.2) is 36.7 Å². The van der Waals surface area contributed by atoms with Crippen LogP contribution in [0.4, 0.5) is 0 Å². The fourth-order valence-corrected chi connectivity index (χ4v) is 3.86. The summed E-state index contributed by atoms with van der Waals surface area (Å²) >= 11 is 0. The minimum atomic E-state index is 0.620. The maximum Gasteiger partial charge on any atom is 0.118 e. The van der Waals surface area contributed by atoms with Gasteiger partial charge < -0.3 is 9.30 Å². The third-order valence-electron chi connectivity index (χ3n) is 5.27. The molecule has 3 rings (SSSR count). The van der Waals surface area contributed by atoms with Crippen LogP contribution in [0.5, 0.6) is 5.75 Å². The summed E-state index contributed by atoms with van der Waals surface area (Å²) in [4.78, 5) is 6.97. The van der Waals surface area contributed by atoms with Gasteiger partial charge in [-0.3, -0.25) is 4.90 Å². The Morgan fingerprint density at radius 3 is 2.62 bits per heavy atom. The van der Waals surface area contributed by atoms with Crippen molar-refractivity contribution in [3.8, 4) is 5.75 Å². The van der Waals surface area contributed by atoms with Gasteiger partial charge in [0.2, 0.25) is 0 Å². The summed E-state index contributed by atoms with van der Waals surface area (Å²) in [6, 6.07) is 9.24. The van der Waals surface area contributed by atoms with Crippen LogP contribution in [0, 0.1) is 12.8 Å². The summed E-state index contributed by atoms with van der Waals surface area (Å²) in [5.74, 6) is 3.29. The average Bonchev–Trinajstić information content (AvgIpc) is 3.14. The van der Waals surface area contributed by atoms with E-state index in [0.29, 0.717) is 17.9 Å². The van der Waals surface area contributed by atoms with E-state index in [-0.39, 0.29) is 0 Å². The van der Waals surface area contributed by atoms with Crippen LogP contribution in [-0.2, 0) is 6.54 Å². The molecule has 1 aromatic carbocycles. The lowest BCUT2D eigenvalue weighted by Gasteiger charge is -2.25. The van der Waals surface area contributed by atoms with Crippen molar-refractivity contribution < 1.29 is 4.74 Å². The Hall–Kier alpha value is -1.81. The molecule has 0 unspecified atom stereocenters. The van der Waals surface area contributed by atoms with Gasteiger partial charge in [0.1, 0.15) is 11.6 Å². The van der Waals surface area contributed by atoms with Crippen molar-refractivity contribution in [1.29, 1.82) is 0 Å². The minimum Gasteiger partial charge on any atom is -0.497 e. The topological polar surface area (TPSA) is 30.3 Å². The maximum absolute atomic E-state index is 5.27. The Kier molecular flexibility index (Phi) is 5.24. The molecule has 2 heterocycles. The molecule has 1 aliphatic rings. The largest absolute Gasteiger partial charge is 0.497 e. The van der Waals surface area contributed by atoms with E-state index in [9.17, 15) is 0 Å². The molecule has 24 heavy (non-hydrogen) atoms. The van der Waals surface area contributed by atoms with Crippen LogP contribution in [0.3, 0.4) is 0 Å². The molecule has 3 atom stereocenters. The van der Waals surface area contributed by atoms with E-state index in [1.807, 2.05) is 6.20 Å². The first-order valence-electron chi connectivity index (χ1n) is 8.92. The maximum atomic E-state index is 5.27. The quantitative estimate of drug-likeness (QED) is 0.810. The smallest absolute Gasteiger partial charge is 0.118 e. The number of nitrogens with zero attached hydrogens (tertiary/aromatic N) is 3. The Balaban J connectivity index is 1.58. The van der Waals surface area contributed by atoms with Gasteiger partial charge in [0.05, 0.1) is 7.11 Å². The van der Waals surface area contributed by atoms with E-state index >= 15 is 0 Å². The molecule has 0 radical (unpaired) electrons. The van der Waals surface area contributed by atoms with Crippen molar-refractivity contribution in [2.45, 2.75) is 45.7 Å².